The van der Waals surface area contributed by atoms with E-state index in [2.05, 4.69) is 98.9 Å². The minimum atomic E-state index is -1.14. The average molecular weight is 866 g/mol. The Balaban J connectivity index is 4.39. The summed E-state index contributed by atoms with van der Waals surface area (Å²) in [5.41, 5.74) is 0. The first kappa shape index (κ1) is 58.5. The quantitative estimate of drug-likeness (QED) is 0.0260. The van der Waals surface area contributed by atoms with E-state index in [9.17, 15) is 19.5 Å². The summed E-state index contributed by atoms with van der Waals surface area (Å²) in [5.74, 6) is -1.80. The summed E-state index contributed by atoms with van der Waals surface area (Å²) in [6.07, 6.45) is 57.5. The highest BCUT2D eigenvalue weighted by molar-refractivity contribution is 5.70. The molecule has 0 aromatic rings. The van der Waals surface area contributed by atoms with Crippen molar-refractivity contribution in [2.75, 3.05) is 41.0 Å². The van der Waals surface area contributed by atoms with Crippen LogP contribution in [0.2, 0.25) is 0 Å². The zero-order valence-electron chi connectivity index (χ0n) is 40.3. The Bertz CT molecular complexity index is 1290. The molecule has 0 fully saturated rings. The van der Waals surface area contributed by atoms with Crippen LogP contribution in [0.4, 0.5) is 0 Å². The number of allylic oxidation sites excluding steroid dienone is 14. The van der Waals surface area contributed by atoms with E-state index in [1.165, 1.54) is 77.0 Å². The third kappa shape index (κ3) is 41.8. The number of ether oxygens (including phenoxy) is 3. The van der Waals surface area contributed by atoms with E-state index >= 15 is 0 Å². The summed E-state index contributed by atoms with van der Waals surface area (Å²) in [6, 6.07) is -0.739. The Labute approximate surface area is 380 Å². The smallest absolute Gasteiger partial charge is 0.306 e. The summed E-state index contributed by atoms with van der Waals surface area (Å²) < 4.78 is 17.2. The van der Waals surface area contributed by atoms with Crippen LogP contribution in [-0.4, -0.2) is 75.5 Å². The lowest BCUT2D eigenvalue weighted by molar-refractivity contribution is -0.889. The summed E-state index contributed by atoms with van der Waals surface area (Å²) in [7, 11) is 5.39. The Morgan fingerprint density at radius 3 is 1.39 bits per heavy atom. The van der Waals surface area contributed by atoms with Gasteiger partial charge in [0.25, 0.3) is 0 Å². The number of carbonyl (C=O) groups excluding carboxylic acids is 3. The van der Waals surface area contributed by atoms with Crippen molar-refractivity contribution in [2.24, 2.45) is 0 Å². The number of unbranched alkanes of at least 4 members (excludes halogenated alkanes) is 15. The van der Waals surface area contributed by atoms with Crippen LogP contribution < -0.4 is 5.11 Å². The molecule has 2 atom stereocenters. The lowest BCUT2D eigenvalue weighted by Crippen LogP contribution is -2.55. The molecule has 0 N–H and O–H groups in total. The molecular weight excluding hydrogens is 775 g/mol. The average Bonchev–Trinajstić information content (AvgIpc) is 3.23. The van der Waals surface area contributed by atoms with Crippen LogP contribution in [-0.2, 0) is 28.6 Å². The van der Waals surface area contributed by atoms with Crippen molar-refractivity contribution in [3.8, 4) is 0 Å². The van der Waals surface area contributed by atoms with Crippen molar-refractivity contribution < 1.29 is 38.2 Å². The molecule has 0 aliphatic rings. The van der Waals surface area contributed by atoms with Gasteiger partial charge in [-0.3, -0.25) is 9.59 Å². The van der Waals surface area contributed by atoms with Gasteiger partial charge in [-0.25, -0.2) is 0 Å². The molecule has 0 aliphatic carbocycles. The van der Waals surface area contributed by atoms with Gasteiger partial charge in [-0.2, -0.15) is 0 Å². The van der Waals surface area contributed by atoms with Crippen LogP contribution in [0.5, 0.6) is 0 Å². The van der Waals surface area contributed by atoms with Gasteiger partial charge in [0.15, 0.2) is 6.10 Å². The zero-order chi connectivity index (χ0) is 45.6. The molecule has 0 rings (SSSR count). The van der Waals surface area contributed by atoms with Gasteiger partial charge in [0, 0.05) is 19.3 Å². The molecule has 0 radical (unpaired) electrons. The predicted molar refractivity (Wildman–Crippen MR) is 258 cm³/mol. The SMILES string of the molecule is CC/C=C/C/C=C/C/C=C/C/C=C/C/C=C/C/C=C/CCCCC(=O)OC(COCCC(C(=O)[O-])[N+](C)(C)C)COC(=O)CCCCCCCCC/C=C/CCCCCCCC. The minimum absolute atomic E-state index is 0.0172. The van der Waals surface area contributed by atoms with Gasteiger partial charge in [0.05, 0.1) is 40.3 Å². The lowest BCUT2D eigenvalue weighted by atomic mass is 10.1. The van der Waals surface area contributed by atoms with E-state index in [-0.39, 0.29) is 49.1 Å². The second-order valence-electron chi connectivity index (χ2n) is 17.3. The molecule has 2 unspecified atom stereocenters. The van der Waals surface area contributed by atoms with Gasteiger partial charge < -0.3 is 28.6 Å². The number of nitrogens with zero attached hydrogens (tertiary/aromatic N) is 1. The van der Waals surface area contributed by atoms with E-state index in [4.69, 9.17) is 14.2 Å². The summed E-state index contributed by atoms with van der Waals surface area (Å²) >= 11 is 0. The van der Waals surface area contributed by atoms with Gasteiger partial charge in [0.2, 0.25) is 0 Å². The first-order chi connectivity index (χ1) is 30.1. The fourth-order valence-corrected chi connectivity index (χ4v) is 6.71. The molecule has 0 heterocycles. The van der Waals surface area contributed by atoms with Crippen molar-refractivity contribution in [3.63, 3.8) is 0 Å². The van der Waals surface area contributed by atoms with Crippen molar-refractivity contribution >= 4 is 17.9 Å². The fraction of sp³-hybridized carbons (Fsp3) is 0.685. The van der Waals surface area contributed by atoms with Crippen LogP contribution in [0.1, 0.15) is 187 Å². The molecule has 0 aromatic carbocycles. The Hall–Kier alpha value is -3.49. The molecule has 0 amide bonds. The highest BCUT2D eigenvalue weighted by Gasteiger charge is 2.25. The summed E-state index contributed by atoms with van der Waals surface area (Å²) in [6.45, 7) is 4.49. The molecule has 0 aliphatic heterocycles. The standard InChI is InChI=1S/C54H91NO7/c1-6-8-10-12-14-16-18-20-22-24-25-26-27-29-31-33-35-37-39-41-43-45-53(57)62-50(48-60-47-46-51(54(58)59)55(3,4)5)49-61-52(56)44-42-40-38-36-34-32-30-28-23-21-19-17-15-13-11-9-7-2/h8,10,14,16,20-23,25-26,29,31,35,37,50-51H,6-7,9,11-13,15,17-19,24,27-28,30,32-34,36,38-49H2,1-5H3/b10-8+,16-14+,22-20+,23-21+,26-25+,31-29+,37-35+. The molecule has 8 heteroatoms. The maximum Gasteiger partial charge on any atom is 0.306 e. The second kappa shape index (κ2) is 44.1. The Morgan fingerprint density at radius 2 is 0.903 bits per heavy atom. The number of aliphatic carboxylic acids is 1. The van der Waals surface area contributed by atoms with Crippen LogP contribution >= 0.6 is 0 Å². The van der Waals surface area contributed by atoms with E-state index in [0.29, 0.717) is 12.8 Å². The van der Waals surface area contributed by atoms with Crippen molar-refractivity contribution in [1.82, 2.24) is 0 Å². The number of carboxylic acids is 1. The number of likely N-dealkylation sites (N-methyl/N-ethyl adjacent to an activating group) is 1. The molecule has 354 valence electrons. The molecule has 0 aromatic heterocycles. The second-order valence-corrected chi connectivity index (χ2v) is 17.3. The number of hydrogen-bond donors (Lipinski definition) is 0. The van der Waals surface area contributed by atoms with Crippen molar-refractivity contribution in [3.05, 3.63) is 85.1 Å². The predicted octanol–water partition coefficient (Wildman–Crippen LogP) is 12.7. The molecule has 0 saturated carbocycles. The number of carbonyl (C=O) groups is 3. The van der Waals surface area contributed by atoms with E-state index < -0.39 is 18.1 Å². The third-order valence-electron chi connectivity index (χ3n) is 10.5. The van der Waals surface area contributed by atoms with Crippen LogP contribution in [0.3, 0.4) is 0 Å². The molecule has 8 nitrogen and oxygen atoms in total. The van der Waals surface area contributed by atoms with E-state index in [1.807, 2.05) is 0 Å². The van der Waals surface area contributed by atoms with Crippen LogP contribution in [0.25, 0.3) is 0 Å². The van der Waals surface area contributed by atoms with Crippen LogP contribution in [0, 0.1) is 0 Å². The highest BCUT2D eigenvalue weighted by Crippen LogP contribution is 2.13. The minimum Gasteiger partial charge on any atom is -0.544 e. The van der Waals surface area contributed by atoms with Crippen molar-refractivity contribution in [1.29, 1.82) is 0 Å². The van der Waals surface area contributed by atoms with Gasteiger partial charge in [-0.15, -0.1) is 0 Å². The maximum absolute atomic E-state index is 12.8. The van der Waals surface area contributed by atoms with E-state index in [1.54, 1.807) is 21.1 Å². The van der Waals surface area contributed by atoms with Gasteiger partial charge in [-0.1, -0.05) is 163 Å². The molecule has 0 bridgehead atoms. The monoisotopic (exact) mass is 866 g/mol. The first-order valence-electron chi connectivity index (χ1n) is 24.6. The fourth-order valence-electron chi connectivity index (χ4n) is 6.71. The summed E-state index contributed by atoms with van der Waals surface area (Å²) in [5, 5.41) is 11.7. The lowest BCUT2D eigenvalue weighted by Gasteiger charge is -2.34. The molecule has 0 saturated heterocycles. The first-order valence-corrected chi connectivity index (χ1v) is 24.6. The molecule has 0 spiro atoms. The van der Waals surface area contributed by atoms with Crippen LogP contribution in [0.15, 0.2) is 85.1 Å². The Kier molecular flexibility index (Phi) is 41.6. The molecule has 62 heavy (non-hydrogen) atoms. The third-order valence-corrected chi connectivity index (χ3v) is 10.5. The molecular formula is C54H91NO7. The number of quaternary nitrogens is 1. The normalized spacial score (nSPS) is 13.6. The van der Waals surface area contributed by atoms with Gasteiger partial charge in [-0.05, 0) is 89.9 Å². The van der Waals surface area contributed by atoms with Crippen molar-refractivity contribution in [2.45, 2.75) is 199 Å². The number of esters is 2. The number of rotatable bonds is 43. The topological polar surface area (TPSA) is 102 Å². The zero-order valence-corrected chi connectivity index (χ0v) is 40.3. The van der Waals surface area contributed by atoms with Gasteiger partial charge >= 0.3 is 11.9 Å². The summed E-state index contributed by atoms with van der Waals surface area (Å²) in [4.78, 5) is 37.0. The maximum atomic E-state index is 12.8. The van der Waals surface area contributed by atoms with E-state index in [0.717, 1.165) is 70.6 Å². The Morgan fingerprint density at radius 1 is 0.500 bits per heavy atom. The number of hydrogen-bond acceptors (Lipinski definition) is 7. The highest BCUT2D eigenvalue weighted by atomic mass is 16.6. The van der Waals surface area contributed by atoms with Gasteiger partial charge in [0.1, 0.15) is 12.6 Å². The number of carboxylic acid groups (broad SMARTS) is 1. The largest absolute Gasteiger partial charge is 0.544 e.